The molecule has 0 atom stereocenters. The predicted octanol–water partition coefficient (Wildman–Crippen LogP) is 2.62. The minimum atomic E-state index is -3.53. The summed E-state index contributed by atoms with van der Waals surface area (Å²) in [6.07, 6.45) is 0.274. The Morgan fingerprint density at radius 1 is 1.18 bits per heavy atom. The fraction of sp³-hybridized carbons (Fsp3) is 0.267. The lowest BCUT2D eigenvalue weighted by Gasteiger charge is -2.09. The minimum Gasteiger partial charge on any atom is -0.354 e. The van der Waals surface area contributed by atoms with E-state index in [9.17, 15) is 13.2 Å². The second kappa shape index (κ2) is 6.93. The van der Waals surface area contributed by atoms with Crippen molar-refractivity contribution in [2.24, 2.45) is 0 Å². The fourth-order valence-corrected chi connectivity index (χ4v) is 3.92. The van der Waals surface area contributed by atoms with Gasteiger partial charge in [0.05, 0.1) is 6.42 Å². The van der Waals surface area contributed by atoms with Crippen molar-refractivity contribution in [2.45, 2.75) is 30.5 Å². The van der Waals surface area contributed by atoms with Crippen LogP contribution in [0.15, 0.2) is 46.0 Å². The lowest BCUT2D eigenvalue weighted by atomic mass is 10.1. The molecule has 1 amide bonds. The van der Waals surface area contributed by atoms with Crippen molar-refractivity contribution in [3.05, 3.63) is 47.3 Å². The zero-order chi connectivity index (χ0) is 16.2. The van der Waals surface area contributed by atoms with Crippen LogP contribution in [-0.2, 0) is 21.2 Å². The lowest BCUT2D eigenvalue weighted by molar-refractivity contribution is -0.120. The average molecular weight is 338 g/mol. The summed E-state index contributed by atoms with van der Waals surface area (Å²) in [6.45, 7) is 3.81. The molecule has 0 aliphatic carbocycles. The fourth-order valence-electron chi connectivity index (χ4n) is 1.87. The first kappa shape index (κ1) is 16.5. The van der Waals surface area contributed by atoms with Crippen LogP contribution in [0, 0.1) is 0 Å². The van der Waals surface area contributed by atoms with E-state index >= 15 is 0 Å². The first-order valence-electron chi connectivity index (χ1n) is 6.81. The molecule has 0 aliphatic heterocycles. The highest BCUT2D eigenvalue weighted by atomic mass is 32.2. The third kappa shape index (κ3) is 4.57. The number of rotatable bonds is 6. The molecule has 0 aliphatic rings. The van der Waals surface area contributed by atoms with Crippen LogP contribution >= 0.6 is 11.3 Å². The summed E-state index contributed by atoms with van der Waals surface area (Å²) in [7, 11) is -3.53. The summed E-state index contributed by atoms with van der Waals surface area (Å²) in [5, 5.41) is 4.53. The molecule has 2 N–H and O–H groups in total. The summed E-state index contributed by atoms with van der Waals surface area (Å²) in [5.74, 6) is -0.0538. The van der Waals surface area contributed by atoms with E-state index in [-0.39, 0.29) is 22.6 Å². The van der Waals surface area contributed by atoms with E-state index in [4.69, 9.17) is 0 Å². The van der Waals surface area contributed by atoms with Gasteiger partial charge < -0.3 is 5.32 Å². The van der Waals surface area contributed by atoms with Crippen LogP contribution in [-0.4, -0.2) is 20.4 Å². The third-order valence-electron chi connectivity index (χ3n) is 2.78. The van der Waals surface area contributed by atoms with Gasteiger partial charge in [0.1, 0.15) is 4.21 Å². The Kier molecular flexibility index (Phi) is 5.20. The zero-order valence-corrected chi connectivity index (χ0v) is 14.0. The normalized spacial score (nSPS) is 11.4. The van der Waals surface area contributed by atoms with Crippen LogP contribution in [0.4, 0.5) is 5.69 Å². The van der Waals surface area contributed by atoms with Crippen molar-refractivity contribution in [3.8, 4) is 0 Å². The van der Waals surface area contributed by atoms with Crippen molar-refractivity contribution >= 4 is 33.0 Å². The number of carbonyl (C=O) groups excluding carboxylic acids is 1. The zero-order valence-electron chi connectivity index (χ0n) is 12.4. The molecule has 2 aromatic rings. The third-order valence-corrected chi connectivity index (χ3v) is 5.56. The molecule has 2 rings (SSSR count). The maximum atomic E-state index is 12.1. The van der Waals surface area contributed by atoms with Gasteiger partial charge in [0, 0.05) is 11.7 Å². The van der Waals surface area contributed by atoms with E-state index in [1.165, 1.54) is 0 Å². The molecule has 0 fully saturated rings. The van der Waals surface area contributed by atoms with Gasteiger partial charge in [-0.05, 0) is 43.0 Å². The number of hydrogen-bond acceptors (Lipinski definition) is 4. The Morgan fingerprint density at radius 2 is 1.86 bits per heavy atom. The molecule has 1 aromatic heterocycles. The number of amides is 1. The second-order valence-electron chi connectivity index (χ2n) is 5.13. The molecule has 1 aromatic carbocycles. The maximum absolute atomic E-state index is 12.1. The molecule has 0 spiro atoms. The molecule has 0 saturated carbocycles. The Hall–Kier alpha value is -1.86. The molecule has 22 heavy (non-hydrogen) atoms. The summed E-state index contributed by atoms with van der Waals surface area (Å²) in [6, 6.07) is 10.1. The molecule has 0 unspecified atom stereocenters. The van der Waals surface area contributed by atoms with Gasteiger partial charge in [-0.3, -0.25) is 9.52 Å². The average Bonchev–Trinajstić information content (AvgIpc) is 2.94. The SMILES string of the molecule is CC(C)NC(=O)Cc1ccc(NS(=O)(=O)c2cccs2)cc1. The van der Waals surface area contributed by atoms with Crippen LogP contribution in [0.3, 0.4) is 0 Å². The van der Waals surface area contributed by atoms with E-state index in [1.807, 2.05) is 13.8 Å². The van der Waals surface area contributed by atoms with Gasteiger partial charge in [-0.15, -0.1) is 11.3 Å². The predicted molar refractivity (Wildman–Crippen MR) is 88.6 cm³/mol. The topological polar surface area (TPSA) is 75.3 Å². The van der Waals surface area contributed by atoms with Crippen molar-refractivity contribution in [2.75, 3.05) is 4.72 Å². The Balaban J connectivity index is 2.02. The van der Waals surface area contributed by atoms with Crippen LogP contribution in [0.1, 0.15) is 19.4 Å². The first-order chi connectivity index (χ1) is 10.4. The van der Waals surface area contributed by atoms with Crippen molar-refractivity contribution < 1.29 is 13.2 Å². The number of anilines is 1. The number of sulfonamides is 1. The summed E-state index contributed by atoms with van der Waals surface area (Å²) >= 11 is 1.16. The van der Waals surface area contributed by atoms with Crippen molar-refractivity contribution in [1.29, 1.82) is 0 Å². The molecule has 7 heteroatoms. The number of thiophene rings is 1. The molecular weight excluding hydrogens is 320 g/mol. The van der Waals surface area contributed by atoms with Crippen molar-refractivity contribution in [1.82, 2.24) is 5.32 Å². The van der Waals surface area contributed by atoms with Gasteiger partial charge in [-0.25, -0.2) is 8.42 Å². The lowest BCUT2D eigenvalue weighted by Crippen LogP contribution is -2.31. The van der Waals surface area contributed by atoms with Gasteiger partial charge in [0.25, 0.3) is 10.0 Å². The molecular formula is C15H18N2O3S2. The standard InChI is InChI=1S/C15H18N2O3S2/c1-11(2)16-14(18)10-12-5-7-13(8-6-12)17-22(19,20)15-4-3-9-21-15/h3-9,11,17H,10H2,1-2H3,(H,16,18). The highest BCUT2D eigenvalue weighted by molar-refractivity contribution is 7.94. The first-order valence-corrected chi connectivity index (χ1v) is 9.18. The van der Waals surface area contributed by atoms with E-state index in [0.29, 0.717) is 5.69 Å². The van der Waals surface area contributed by atoms with Crippen LogP contribution < -0.4 is 10.0 Å². The largest absolute Gasteiger partial charge is 0.354 e. The summed E-state index contributed by atoms with van der Waals surface area (Å²) < 4.78 is 27.0. The van der Waals surface area contributed by atoms with E-state index in [1.54, 1.807) is 41.8 Å². The molecule has 0 radical (unpaired) electrons. The summed E-state index contributed by atoms with van der Waals surface area (Å²) in [5.41, 5.74) is 1.30. The minimum absolute atomic E-state index is 0.0538. The quantitative estimate of drug-likeness (QED) is 0.850. The van der Waals surface area contributed by atoms with E-state index in [0.717, 1.165) is 16.9 Å². The summed E-state index contributed by atoms with van der Waals surface area (Å²) in [4.78, 5) is 11.7. The number of hydrogen-bond donors (Lipinski definition) is 2. The van der Waals surface area contributed by atoms with Crippen LogP contribution in [0.25, 0.3) is 0 Å². The second-order valence-corrected chi connectivity index (χ2v) is 7.99. The van der Waals surface area contributed by atoms with E-state index in [2.05, 4.69) is 10.0 Å². The van der Waals surface area contributed by atoms with Gasteiger partial charge in [0.2, 0.25) is 5.91 Å². The van der Waals surface area contributed by atoms with Gasteiger partial charge >= 0.3 is 0 Å². The molecule has 118 valence electrons. The highest BCUT2D eigenvalue weighted by Crippen LogP contribution is 2.20. The van der Waals surface area contributed by atoms with Crippen molar-refractivity contribution in [3.63, 3.8) is 0 Å². The van der Waals surface area contributed by atoms with Gasteiger partial charge in [-0.2, -0.15) is 0 Å². The number of carbonyl (C=O) groups is 1. The maximum Gasteiger partial charge on any atom is 0.271 e. The number of nitrogens with one attached hydrogen (secondary N) is 2. The molecule has 0 bridgehead atoms. The Bertz CT molecular complexity index is 721. The Morgan fingerprint density at radius 3 is 2.41 bits per heavy atom. The smallest absolute Gasteiger partial charge is 0.271 e. The van der Waals surface area contributed by atoms with E-state index < -0.39 is 10.0 Å². The van der Waals surface area contributed by atoms with Gasteiger partial charge in [-0.1, -0.05) is 18.2 Å². The van der Waals surface area contributed by atoms with Crippen LogP contribution in [0.5, 0.6) is 0 Å². The van der Waals surface area contributed by atoms with Crippen LogP contribution in [0.2, 0.25) is 0 Å². The number of benzene rings is 1. The molecule has 0 saturated heterocycles. The molecule has 1 heterocycles. The monoisotopic (exact) mass is 338 g/mol. The Labute approximate surface area is 134 Å². The molecule has 5 nitrogen and oxygen atoms in total. The highest BCUT2D eigenvalue weighted by Gasteiger charge is 2.15. The van der Waals surface area contributed by atoms with Gasteiger partial charge in [0.15, 0.2) is 0 Å².